The molecule has 0 atom stereocenters. The van der Waals surface area contributed by atoms with Crippen LogP contribution in [0.1, 0.15) is 44.1 Å². The molecule has 14 heavy (non-hydrogen) atoms. The minimum absolute atomic E-state index is 0.371. The van der Waals surface area contributed by atoms with Crippen molar-refractivity contribution in [1.82, 2.24) is 0 Å². The van der Waals surface area contributed by atoms with E-state index in [-0.39, 0.29) is 0 Å². The largest absolute Gasteiger partial charge is 0.466 e. The smallest absolute Gasteiger partial charge is 0.132 e. The number of carbonyl (C=O) groups excluding carboxylic acids is 1. The van der Waals surface area contributed by atoms with E-state index >= 15 is 0 Å². The lowest BCUT2D eigenvalue weighted by Crippen LogP contribution is -1.97. The predicted octanol–water partition coefficient (Wildman–Crippen LogP) is 3.28. The normalized spacial score (nSPS) is 10.4. The number of rotatable bonds is 6. The summed E-state index contributed by atoms with van der Waals surface area (Å²) in [7, 11) is 0. The summed E-state index contributed by atoms with van der Waals surface area (Å²) in [6.45, 7) is 3.97. The fraction of sp³-hybridized carbons (Fsp3) is 0.583. The van der Waals surface area contributed by atoms with Crippen LogP contribution in [-0.2, 0) is 11.2 Å². The minimum Gasteiger partial charge on any atom is -0.466 e. The molecule has 1 heterocycles. The standard InChI is InChI=1S/C12H18O2/c1-3-5-11(13)6-4-7-12-9-8-10(2)14-12/h8-9H,3-7H2,1-2H3. The van der Waals surface area contributed by atoms with Crippen molar-refractivity contribution in [3.8, 4) is 0 Å². The number of aryl methyl sites for hydroxylation is 2. The lowest BCUT2D eigenvalue weighted by atomic mass is 10.1. The van der Waals surface area contributed by atoms with E-state index in [1.54, 1.807) is 0 Å². The van der Waals surface area contributed by atoms with E-state index in [1.807, 2.05) is 26.0 Å². The molecule has 1 rings (SSSR count). The summed E-state index contributed by atoms with van der Waals surface area (Å²) in [6.07, 6.45) is 4.15. The van der Waals surface area contributed by atoms with E-state index in [9.17, 15) is 4.79 Å². The molecule has 2 heteroatoms. The predicted molar refractivity (Wildman–Crippen MR) is 56.3 cm³/mol. The van der Waals surface area contributed by atoms with E-state index in [4.69, 9.17) is 4.42 Å². The van der Waals surface area contributed by atoms with Crippen LogP contribution in [0.15, 0.2) is 16.5 Å². The van der Waals surface area contributed by atoms with E-state index in [0.29, 0.717) is 12.2 Å². The highest BCUT2D eigenvalue weighted by Crippen LogP contribution is 2.10. The summed E-state index contributed by atoms with van der Waals surface area (Å²) in [5.41, 5.74) is 0. The highest BCUT2D eigenvalue weighted by molar-refractivity contribution is 5.78. The summed E-state index contributed by atoms with van der Waals surface area (Å²) >= 11 is 0. The molecule has 78 valence electrons. The molecule has 0 aliphatic rings. The maximum atomic E-state index is 11.2. The van der Waals surface area contributed by atoms with Crippen molar-refractivity contribution in [1.29, 1.82) is 0 Å². The molecule has 0 aromatic carbocycles. The third-order valence-corrected chi connectivity index (χ3v) is 2.20. The van der Waals surface area contributed by atoms with Gasteiger partial charge in [0.2, 0.25) is 0 Å². The van der Waals surface area contributed by atoms with Gasteiger partial charge in [0.25, 0.3) is 0 Å². The summed E-state index contributed by atoms with van der Waals surface area (Å²) in [4.78, 5) is 11.2. The molecule has 0 amide bonds. The van der Waals surface area contributed by atoms with Crippen LogP contribution < -0.4 is 0 Å². The molecular formula is C12H18O2. The lowest BCUT2D eigenvalue weighted by molar-refractivity contribution is -0.119. The number of ketones is 1. The van der Waals surface area contributed by atoms with Crippen molar-refractivity contribution in [3.63, 3.8) is 0 Å². The van der Waals surface area contributed by atoms with Crippen LogP contribution in [-0.4, -0.2) is 5.78 Å². The van der Waals surface area contributed by atoms with Gasteiger partial charge in [-0.25, -0.2) is 0 Å². The van der Waals surface area contributed by atoms with E-state index < -0.39 is 0 Å². The highest BCUT2D eigenvalue weighted by atomic mass is 16.3. The molecule has 0 bridgehead atoms. The van der Waals surface area contributed by atoms with Gasteiger partial charge in [-0.15, -0.1) is 0 Å². The Hall–Kier alpha value is -1.05. The van der Waals surface area contributed by atoms with Gasteiger partial charge in [-0.05, 0) is 31.9 Å². The Bertz CT molecular complexity index is 286. The Morgan fingerprint density at radius 3 is 2.71 bits per heavy atom. The van der Waals surface area contributed by atoms with Crippen LogP contribution in [0.3, 0.4) is 0 Å². The van der Waals surface area contributed by atoms with Crippen molar-refractivity contribution in [2.24, 2.45) is 0 Å². The Morgan fingerprint density at radius 2 is 2.14 bits per heavy atom. The topological polar surface area (TPSA) is 30.2 Å². The molecule has 0 fully saturated rings. The third kappa shape index (κ3) is 3.77. The molecule has 0 aliphatic carbocycles. The number of hydrogen-bond donors (Lipinski definition) is 0. The first-order chi connectivity index (χ1) is 6.72. The van der Waals surface area contributed by atoms with Gasteiger partial charge in [0, 0.05) is 19.3 Å². The van der Waals surface area contributed by atoms with Gasteiger partial charge >= 0.3 is 0 Å². The van der Waals surface area contributed by atoms with E-state index in [0.717, 1.165) is 37.2 Å². The maximum Gasteiger partial charge on any atom is 0.132 e. The van der Waals surface area contributed by atoms with Crippen LogP contribution in [0.5, 0.6) is 0 Å². The lowest BCUT2D eigenvalue weighted by Gasteiger charge is -1.97. The maximum absolute atomic E-state index is 11.2. The van der Waals surface area contributed by atoms with Crippen molar-refractivity contribution >= 4 is 5.78 Å². The monoisotopic (exact) mass is 194 g/mol. The quantitative estimate of drug-likeness (QED) is 0.695. The third-order valence-electron chi connectivity index (χ3n) is 2.20. The zero-order chi connectivity index (χ0) is 10.4. The van der Waals surface area contributed by atoms with Gasteiger partial charge in [0.1, 0.15) is 17.3 Å². The van der Waals surface area contributed by atoms with Crippen LogP contribution in [0.25, 0.3) is 0 Å². The zero-order valence-corrected chi connectivity index (χ0v) is 9.01. The molecule has 1 aromatic heterocycles. The second-order valence-corrected chi connectivity index (χ2v) is 3.65. The van der Waals surface area contributed by atoms with E-state index in [2.05, 4.69) is 0 Å². The van der Waals surface area contributed by atoms with Crippen LogP contribution in [0.2, 0.25) is 0 Å². The second kappa shape index (κ2) is 5.63. The first-order valence-corrected chi connectivity index (χ1v) is 5.29. The van der Waals surface area contributed by atoms with Crippen molar-refractivity contribution in [3.05, 3.63) is 23.7 Å². The molecule has 0 N–H and O–H groups in total. The molecule has 1 aromatic rings. The summed E-state index contributed by atoms with van der Waals surface area (Å²) in [5.74, 6) is 2.31. The van der Waals surface area contributed by atoms with Crippen LogP contribution in [0, 0.1) is 6.92 Å². The molecule has 0 radical (unpaired) electrons. The average Bonchev–Trinajstić information content (AvgIpc) is 2.52. The van der Waals surface area contributed by atoms with Gasteiger partial charge in [0.05, 0.1) is 0 Å². The SMILES string of the molecule is CCCC(=O)CCCc1ccc(C)o1. The number of carbonyl (C=O) groups is 1. The Balaban J connectivity index is 2.18. The number of Topliss-reactive ketones (excluding diaryl/α,β-unsaturated/α-hetero) is 1. The Labute approximate surface area is 85.3 Å². The summed E-state index contributed by atoms with van der Waals surface area (Å²) in [5, 5.41) is 0. The van der Waals surface area contributed by atoms with E-state index in [1.165, 1.54) is 0 Å². The van der Waals surface area contributed by atoms with Crippen LogP contribution >= 0.6 is 0 Å². The molecule has 0 aliphatic heterocycles. The molecule has 0 spiro atoms. The number of hydrogen-bond acceptors (Lipinski definition) is 2. The van der Waals surface area contributed by atoms with Gasteiger partial charge < -0.3 is 4.42 Å². The van der Waals surface area contributed by atoms with Gasteiger partial charge in [0.15, 0.2) is 0 Å². The Kier molecular flexibility index (Phi) is 4.44. The fourth-order valence-electron chi connectivity index (χ4n) is 1.48. The highest BCUT2D eigenvalue weighted by Gasteiger charge is 2.02. The molecule has 0 saturated heterocycles. The first kappa shape index (κ1) is 11.0. The minimum atomic E-state index is 0.371. The summed E-state index contributed by atoms with van der Waals surface area (Å²) in [6, 6.07) is 3.95. The van der Waals surface area contributed by atoms with Crippen molar-refractivity contribution in [2.75, 3.05) is 0 Å². The van der Waals surface area contributed by atoms with Crippen molar-refractivity contribution in [2.45, 2.75) is 46.0 Å². The summed E-state index contributed by atoms with van der Waals surface area (Å²) < 4.78 is 5.41. The zero-order valence-electron chi connectivity index (χ0n) is 9.01. The molecule has 0 saturated carbocycles. The average molecular weight is 194 g/mol. The molecular weight excluding hydrogens is 176 g/mol. The van der Waals surface area contributed by atoms with Crippen molar-refractivity contribution < 1.29 is 9.21 Å². The van der Waals surface area contributed by atoms with Gasteiger partial charge in [-0.2, -0.15) is 0 Å². The van der Waals surface area contributed by atoms with Gasteiger partial charge in [-0.3, -0.25) is 4.79 Å². The van der Waals surface area contributed by atoms with Gasteiger partial charge in [-0.1, -0.05) is 6.92 Å². The van der Waals surface area contributed by atoms with Crippen LogP contribution in [0.4, 0.5) is 0 Å². The second-order valence-electron chi connectivity index (χ2n) is 3.65. The molecule has 2 nitrogen and oxygen atoms in total. The Morgan fingerprint density at radius 1 is 1.36 bits per heavy atom. The molecule has 0 unspecified atom stereocenters. The first-order valence-electron chi connectivity index (χ1n) is 5.29. The number of furan rings is 1. The fourth-order valence-corrected chi connectivity index (χ4v) is 1.48.